The van der Waals surface area contributed by atoms with Crippen LogP contribution in [0, 0.1) is 22.7 Å². The molecular formula is C15H26. The normalized spacial score (nSPS) is 27.9. The maximum absolute atomic E-state index is 2.40. The van der Waals surface area contributed by atoms with Gasteiger partial charge in [-0.3, -0.25) is 0 Å². The van der Waals surface area contributed by atoms with Crippen LogP contribution in [0.4, 0.5) is 0 Å². The molecule has 86 valence electrons. The molecule has 0 heterocycles. The quantitative estimate of drug-likeness (QED) is 0.532. The van der Waals surface area contributed by atoms with E-state index in [9.17, 15) is 0 Å². The lowest BCUT2D eigenvalue weighted by Gasteiger charge is -2.41. The number of hydrogen-bond acceptors (Lipinski definition) is 0. The fourth-order valence-corrected chi connectivity index (χ4v) is 2.55. The van der Waals surface area contributed by atoms with Crippen LogP contribution in [0.3, 0.4) is 0 Å². The van der Waals surface area contributed by atoms with E-state index in [1.54, 1.807) is 0 Å². The van der Waals surface area contributed by atoms with Gasteiger partial charge in [0.25, 0.3) is 0 Å². The summed E-state index contributed by atoms with van der Waals surface area (Å²) in [6.45, 7) is 14.2. The van der Waals surface area contributed by atoms with E-state index >= 15 is 0 Å². The van der Waals surface area contributed by atoms with E-state index in [0.717, 1.165) is 5.92 Å². The van der Waals surface area contributed by atoms with Gasteiger partial charge in [0.15, 0.2) is 0 Å². The van der Waals surface area contributed by atoms with Gasteiger partial charge >= 0.3 is 0 Å². The van der Waals surface area contributed by atoms with Gasteiger partial charge in [-0.15, -0.1) is 0 Å². The van der Waals surface area contributed by atoms with E-state index in [1.807, 2.05) is 0 Å². The molecule has 0 saturated carbocycles. The van der Waals surface area contributed by atoms with Crippen LogP contribution in [0.25, 0.3) is 0 Å². The maximum atomic E-state index is 2.40. The van der Waals surface area contributed by atoms with Crippen molar-refractivity contribution >= 4 is 0 Å². The summed E-state index contributed by atoms with van der Waals surface area (Å²) in [5.41, 5.74) is 0.747. The molecule has 0 aromatic carbocycles. The summed E-state index contributed by atoms with van der Waals surface area (Å²) >= 11 is 0. The highest BCUT2D eigenvalue weighted by molar-refractivity contribution is 5.12. The van der Waals surface area contributed by atoms with Crippen LogP contribution < -0.4 is 0 Å². The second kappa shape index (κ2) is 4.15. The molecule has 0 amide bonds. The van der Waals surface area contributed by atoms with Crippen molar-refractivity contribution in [1.29, 1.82) is 0 Å². The average molecular weight is 206 g/mol. The molecule has 0 heteroatoms. The number of hydrogen-bond donors (Lipinski definition) is 0. The molecule has 0 bridgehead atoms. The van der Waals surface area contributed by atoms with Gasteiger partial charge in [-0.2, -0.15) is 0 Å². The van der Waals surface area contributed by atoms with Gasteiger partial charge in [-0.1, -0.05) is 65.8 Å². The van der Waals surface area contributed by atoms with Crippen LogP contribution in [0.15, 0.2) is 24.3 Å². The minimum absolute atomic E-state index is 0.362. The van der Waals surface area contributed by atoms with Crippen LogP contribution >= 0.6 is 0 Å². The Hall–Kier alpha value is -0.520. The van der Waals surface area contributed by atoms with Gasteiger partial charge in [0.1, 0.15) is 0 Å². The monoisotopic (exact) mass is 206 g/mol. The molecule has 0 nitrogen and oxygen atoms in total. The summed E-state index contributed by atoms with van der Waals surface area (Å²) < 4.78 is 0. The molecule has 2 atom stereocenters. The number of allylic oxidation sites excluding steroid dienone is 4. The zero-order valence-electron chi connectivity index (χ0n) is 11.2. The molecule has 1 rings (SSSR count). The van der Waals surface area contributed by atoms with Crippen molar-refractivity contribution in [2.75, 3.05) is 0 Å². The lowest BCUT2D eigenvalue weighted by molar-refractivity contribution is 0.108. The molecule has 0 spiro atoms. The first-order chi connectivity index (χ1) is 6.73. The Morgan fingerprint density at radius 3 is 1.93 bits per heavy atom. The largest absolute Gasteiger partial charge is 0.0842 e. The van der Waals surface area contributed by atoms with Crippen molar-refractivity contribution in [2.45, 2.75) is 48.0 Å². The minimum Gasteiger partial charge on any atom is -0.0842 e. The second-order valence-corrected chi connectivity index (χ2v) is 6.91. The van der Waals surface area contributed by atoms with E-state index in [4.69, 9.17) is 0 Å². The van der Waals surface area contributed by atoms with Crippen LogP contribution in [0.2, 0.25) is 0 Å². The highest BCUT2D eigenvalue weighted by atomic mass is 14.4. The molecule has 0 aliphatic heterocycles. The molecular weight excluding hydrogens is 180 g/mol. The summed E-state index contributed by atoms with van der Waals surface area (Å²) in [5.74, 6) is 1.42. The SMILES string of the molecule is CC(C)(C)[C@@H]1C=CC=CC[C@@H]1C(C)(C)C. The lowest BCUT2D eigenvalue weighted by Crippen LogP contribution is -2.34. The molecule has 0 aromatic rings. The van der Waals surface area contributed by atoms with E-state index in [2.05, 4.69) is 65.8 Å². The first kappa shape index (κ1) is 12.5. The predicted molar refractivity (Wildman–Crippen MR) is 68.8 cm³/mol. The third kappa shape index (κ3) is 3.22. The van der Waals surface area contributed by atoms with Gasteiger partial charge in [0.2, 0.25) is 0 Å². The highest BCUT2D eigenvalue weighted by Gasteiger charge is 2.36. The zero-order chi connectivity index (χ0) is 11.7. The maximum Gasteiger partial charge on any atom is -0.0145 e. The summed E-state index contributed by atoms with van der Waals surface area (Å²) in [7, 11) is 0. The van der Waals surface area contributed by atoms with Crippen molar-refractivity contribution in [1.82, 2.24) is 0 Å². The molecule has 0 fully saturated rings. The molecule has 0 radical (unpaired) electrons. The minimum atomic E-state index is 0.362. The fourth-order valence-electron chi connectivity index (χ4n) is 2.55. The number of rotatable bonds is 0. The predicted octanol–water partition coefficient (Wildman–Crippen LogP) is 4.83. The summed E-state index contributed by atoms with van der Waals surface area (Å²) in [6, 6.07) is 0. The Morgan fingerprint density at radius 1 is 0.867 bits per heavy atom. The molecule has 0 aromatic heterocycles. The van der Waals surface area contributed by atoms with E-state index < -0.39 is 0 Å². The van der Waals surface area contributed by atoms with Crippen LogP contribution in [0.5, 0.6) is 0 Å². The Labute approximate surface area is 95.5 Å². The van der Waals surface area contributed by atoms with E-state index in [1.165, 1.54) is 6.42 Å². The van der Waals surface area contributed by atoms with Gasteiger partial charge < -0.3 is 0 Å². The Kier molecular flexibility index (Phi) is 3.48. The Bertz CT molecular complexity index is 255. The van der Waals surface area contributed by atoms with Gasteiger partial charge in [0.05, 0.1) is 0 Å². The van der Waals surface area contributed by atoms with Crippen molar-refractivity contribution in [2.24, 2.45) is 22.7 Å². The molecule has 1 aliphatic rings. The summed E-state index contributed by atoms with van der Waals surface area (Å²) in [5, 5.41) is 0. The molecule has 0 saturated heterocycles. The Morgan fingerprint density at radius 2 is 1.47 bits per heavy atom. The van der Waals surface area contributed by atoms with Crippen LogP contribution in [-0.4, -0.2) is 0 Å². The van der Waals surface area contributed by atoms with Crippen molar-refractivity contribution < 1.29 is 0 Å². The third-order valence-corrected chi connectivity index (χ3v) is 3.50. The fraction of sp³-hybridized carbons (Fsp3) is 0.733. The lowest BCUT2D eigenvalue weighted by atomic mass is 9.63. The van der Waals surface area contributed by atoms with E-state index in [0.29, 0.717) is 16.7 Å². The smallest absolute Gasteiger partial charge is 0.0145 e. The van der Waals surface area contributed by atoms with Crippen LogP contribution in [-0.2, 0) is 0 Å². The van der Waals surface area contributed by atoms with E-state index in [-0.39, 0.29) is 0 Å². The topological polar surface area (TPSA) is 0 Å². The summed E-state index contributed by atoms with van der Waals surface area (Å²) in [6.07, 6.45) is 10.3. The standard InChI is InChI=1S/C15H26/c1-14(2,3)12-10-8-7-9-11-13(12)15(4,5)6/h7-10,12-13H,11H2,1-6H3/t12-,13+/m1/s1. The highest BCUT2D eigenvalue weighted by Crippen LogP contribution is 2.44. The molecule has 1 aliphatic carbocycles. The van der Waals surface area contributed by atoms with Crippen molar-refractivity contribution in [3.63, 3.8) is 0 Å². The average Bonchev–Trinajstić information content (AvgIpc) is 2.24. The van der Waals surface area contributed by atoms with Crippen molar-refractivity contribution in [3.8, 4) is 0 Å². The second-order valence-electron chi connectivity index (χ2n) is 6.91. The molecule has 0 N–H and O–H groups in total. The van der Waals surface area contributed by atoms with Gasteiger partial charge in [-0.05, 0) is 29.1 Å². The summed E-state index contributed by atoms with van der Waals surface area (Å²) in [4.78, 5) is 0. The zero-order valence-corrected chi connectivity index (χ0v) is 11.2. The van der Waals surface area contributed by atoms with Gasteiger partial charge in [-0.25, -0.2) is 0 Å². The van der Waals surface area contributed by atoms with Gasteiger partial charge in [0, 0.05) is 0 Å². The Balaban J connectivity index is 2.99. The third-order valence-electron chi connectivity index (χ3n) is 3.50. The first-order valence-electron chi connectivity index (χ1n) is 6.06. The molecule has 15 heavy (non-hydrogen) atoms. The van der Waals surface area contributed by atoms with Crippen LogP contribution in [0.1, 0.15) is 48.0 Å². The van der Waals surface area contributed by atoms with Crippen molar-refractivity contribution in [3.05, 3.63) is 24.3 Å². The molecule has 0 unspecified atom stereocenters. The first-order valence-corrected chi connectivity index (χ1v) is 6.06.